The van der Waals surface area contributed by atoms with E-state index >= 15 is 0 Å². The van der Waals surface area contributed by atoms with Crippen molar-refractivity contribution in [2.75, 3.05) is 17.2 Å². The van der Waals surface area contributed by atoms with Crippen LogP contribution in [0.1, 0.15) is 42.5 Å². The summed E-state index contributed by atoms with van der Waals surface area (Å²) < 4.78 is 7.43. The van der Waals surface area contributed by atoms with Crippen molar-refractivity contribution >= 4 is 23.2 Å². The lowest BCUT2D eigenvalue weighted by Gasteiger charge is -2.20. The molecule has 8 heteroatoms. The Hall–Kier alpha value is -3.68. The first kappa shape index (κ1) is 21.5. The minimum atomic E-state index is -0.251. The largest absolute Gasteiger partial charge is 0.492 e. The van der Waals surface area contributed by atoms with Crippen molar-refractivity contribution in [1.29, 1.82) is 0 Å². The number of hydrogen-bond donors (Lipinski definition) is 2. The van der Waals surface area contributed by atoms with Crippen LogP contribution in [0, 0.1) is 5.92 Å². The molecule has 1 aliphatic carbocycles. The average molecular weight is 434 g/mol. The van der Waals surface area contributed by atoms with Gasteiger partial charge in [-0.3, -0.25) is 9.59 Å². The van der Waals surface area contributed by atoms with E-state index in [0.29, 0.717) is 35.8 Å². The zero-order valence-corrected chi connectivity index (χ0v) is 17.9. The summed E-state index contributed by atoms with van der Waals surface area (Å²) in [5.74, 6) is 0.501. The van der Waals surface area contributed by atoms with E-state index < -0.39 is 0 Å². The Morgan fingerprint density at radius 2 is 1.78 bits per heavy atom. The molecule has 2 amide bonds. The monoisotopic (exact) mass is 433 g/mol. The van der Waals surface area contributed by atoms with Crippen LogP contribution in [0.5, 0.6) is 5.75 Å². The summed E-state index contributed by atoms with van der Waals surface area (Å²) in [7, 11) is 0. The van der Waals surface area contributed by atoms with Crippen LogP contribution in [0.4, 0.5) is 11.4 Å². The van der Waals surface area contributed by atoms with E-state index in [-0.39, 0.29) is 17.7 Å². The third-order valence-corrected chi connectivity index (χ3v) is 5.52. The highest BCUT2D eigenvalue weighted by Crippen LogP contribution is 2.25. The summed E-state index contributed by atoms with van der Waals surface area (Å²) in [5, 5.41) is 9.88. The highest BCUT2D eigenvalue weighted by molar-refractivity contribution is 6.05. The maximum absolute atomic E-state index is 12.8. The second-order valence-electron chi connectivity index (χ2n) is 7.89. The molecule has 1 aromatic heterocycles. The Morgan fingerprint density at radius 3 is 2.56 bits per heavy atom. The molecule has 2 aromatic carbocycles. The Morgan fingerprint density at radius 1 is 1.00 bits per heavy atom. The van der Waals surface area contributed by atoms with Crippen LogP contribution in [0.2, 0.25) is 0 Å². The Kier molecular flexibility index (Phi) is 7.12. The predicted octanol–water partition coefficient (Wildman–Crippen LogP) is 4.13. The summed E-state index contributed by atoms with van der Waals surface area (Å²) in [6, 6.07) is 14.2. The Balaban J connectivity index is 1.33. The zero-order valence-electron chi connectivity index (χ0n) is 17.9. The van der Waals surface area contributed by atoms with E-state index in [0.717, 1.165) is 25.7 Å². The summed E-state index contributed by atoms with van der Waals surface area (Å²) in [4.78, 5) is 29.2. The summed E-state index contributed by atoms with van der Waals surface area (Å²) in [6.07, 6.45) is 8.38. The van der Waals surface area contributed by atoms with Crippen molar-refractivity contribution in [1.82, 2.24) is 14.8 Å². The fourth-order valence-corrected chi connectivity index (χ4v) is 3.82. The third kappa shape index (κ3) is 5.94. The van der Waals surface area contributed by atoms with E-state index in [1.807, 2.05) is 12.1 Å². The van der Waals surface area contributed by atoms with Gasteiger partial charge in [-0.2, -0.15) is 5.10 Å². The fraction of sp³-hybridized carbons (Fsp3) is 0.333. The quantitative estimate of drug-likeness (QED) is 0.557. The number of carbonyl (C=O) groups is 2. The van der Waals surface area contributed by atoms with E-state index in [1.54, 1.807) is 47.4 Å². The number of nitrogens with zero attached hydrogens (tertiary/aromatic N) is 3. The van der Waals surface area contributed by atoms with E-state index in [9.17, 15) is 9.59 Å². The SMILES string of the molecule is O=C(Nc1cccc(OCCn2cncn2)c1)c1cccc(NC(=O)C2CCCCC2)c1. The number of anilines is 2. The molecular weight excluding hydrogens is 406 g/mol. The molecule has 0 saturated heterocycles. The number of aromatic nitrogens is 3. The molecule has 1 saturated carbocycles. The maximum atomic E-state index is 12.8. The average Bonchev–Trinajstić information content (AvgIpc) is 3.34. The first-order chi connectivity index (χ1) is 15.7. The number of benzene rings is 2. The zero-order chi connectivity index (χ0) is 22.2. The molecular formula is C24H27N5O3. The molecule has 0 unspecified atom stereocenters. The minimum absolute atomic E-state index is 0.0398. The lowest BCUT2D eigenvalue weighted by Crippen LogP contribution is -2.24. The molecule has 0 radical (unpaired) electrons. The summed E-state index contributed by atoms with van der Waals surface area (Å²) in [5.41, 5.74) is 1.74. The molecule has 8 nitrogen and oxygen atoms in total. The van der Waals surface area contributed by atoms with E-state index in [4.69, 9.17) is 4.74 Å². The number of hydrogen-bond acceptors (Lipinski definition) is 5. The summed E-state index contributed by atoms with van der Waals surface area (Å²) >= 11 is 0. The minimum Gasteiger partial charge on any atom is -0.492 e. The van der Waals surface area contributed by atoms with Gasteiger partial charge in [0.1, 0.15) is 25.0 Å². The summed E-state index contributed by atoms with van der Waals surface area (Å²) in [6.45, 7) is 1.01. The topological polar surface area (TPSA) is 98.1 Å². The molecule has 1 fully saturated rings. The van der Waals surface area contributed by atoms with Crippen LogP contribution in [-0.2, 0) is 11.3 Å². The van der Waals surface area contributed by atoms with Gasteiger partial charge in [-0.25, -0.2) is 9.67 Å². The van der Waals surface area contributed by atoms with Gasteiger partial charge in [-0.1, -0.05) is 31.4 Å². The van der Waals surface area contributed by atoms with Crippen LogP contribution in [0.25, 0.3) is 0 Å². The number of carbonyl (C=O) groups excluding carboxylic acids is 2. The van der Waals surface area contributed by atoms with Crippen molar-refractivity contribution in [3.8, 4) is 5.75 Å². The smallest absolute Gasteiger partial charge is 0.255 e. The molecule has 166 valence electrons. The highest BCUT2D eigenvalue weighted by atomic mass is 16.5. The number of rotatable bonds is 8. The van der Waals surface area contributed by atoms with Crippen LogP contribution in [0.15, 0.2) is 61.2 Å². The highest BCUT2D eigenvalue weighted by Gasteiger charge is 2.21. The van der Waals surface area contributed by atoms with Gasteiger partial charge in [-0.15, -0.1) is 0 Å². The molecule has 0 spiro atoms. The lowest BCUT2D eigenvalue weighted by atomic mass is 9.88. The molecule has 0 aliphatic heterocycles. The van der Waals surface area contributed by atoms with Crippen molar-refractivity contribution < 1.29 is 14.3 Å². The molecule has 0 atom stereocenters. The maximum Gasteiger partial charge on any atom is 0.255 e. The Labute approximate surface area is 187 Å². The first-order valence-electron chi connectivity index (χ1n) is 10.9. The van der Waals surface area contributed by atoms with Crippen LogP contribution in [-0.4, -0.2) is 33.2 Å². The van der Waals surface area contributed by atoms with Gasteiger partial charge in [0.05, 0.1) is 6.54 Å². The normalized spacial score (nSPS) is 14.0. The molecule has 1 aliphatic rings. The molecule has 1 heterocycles. The second-order valence-corrected chi connectivity index (χ2v) is 7.89. The lowest BCUT2D eigenvalue weighted by molar-refractivity contribution is -0.120. The van der Waals surface area contributed by atoms with Crippen molar-refractivity contribution in [3.05, 3.63) is 66.7 Å². The van der Waals surface area contributed by atoms with Crippen LogP contribution < -0.4 is 15.4 Å². The fourth-order valence-electron chi connectivity index (χ4n) is 3.82. The van der Waals surface area contributed by atoms with Crippen LogP contribution >= 0.6 is 0 Å². The standard InChI is InChI=1S/C24H27N5O3/c30-23(18-6-2-1-3-7-18)27-20-9-4-8-19(14-20)24(31)28-21-10-5-11-22(15-21)32-13-12-29-17-25-16-26-29/h4-5,8-11,14-18H,1-3,6-7,12-13H2,(H,27,30)(H,28,31). The van der Waals surface area contributed by atoms with Gasteiger partial charge in [0.25, 0.3) is 5.91 Å². The number of nitrogens with one attached hydrogen (secondary N) is 2. The Bertz CT molecular complexity index is 1050. The first-order valence-corrected chi connectivity index (χ1v) is 10.9. The predicted molar refractivity (Wildman–Crippen MR) is 122 cm³/mol. The van der Waals surface area contributed by atoms with Gasteiger partial charge in [0, 0.05) is 28.9 Å². The third-order valence-electron chi connectivity index (χ3n) is 5.52. The van der Waals surface area contributed by atoms with Gasteiger partial charge >= 0.3 is 0 Å². The van der Waals surface area contributed by atoms with Gasteiger partial charge in [-0.05, 0) is 43.2 Å². The van der Waals surface area contributed by atoms with Gasteiger partial charge < -0.3 is 15.4 Å². The van der Waals surface area contributed by atoms with Crippen molar-refractivity contribution in [2.45, 2.75) is 38.6 Å². The molecule has 0 bridgehead atoms. The van der Waals surface area contributed by atoms with Crippen LogP contribution in [0.3, 0.4) is 0 Å². The van der Waals surface area contributed by atoms with Gasteiger partial charge in [0.2, 0.25) is 5.91 Å². The van der Waals surface area contributed by atoms with Crippen molar-refractivity contribution in [3.63, 3.8) is 0 Å². The molecule has 32 heavy (non-hydrogen) atoms. The molecule has 4 rings (SSSR count). The number of ether oxygens (including phenoxy) is 1. The van der Waals surface area contributed by atoms with E-state index in [1.165, 1.54) is 12.7 Å². The van der Waals surface area contributed by atoms with Crippen molar-refractivity contribution in [2.24, 2.45) is 5.92 Å². The van der Waals surface area contributed by atoms with E-state index in [2.05, 4.69) is 20.7 Å². The van der Waals surface area contributed by atoms with Gasteiger partial charge in [0.15, 0.2) is 0 Å². The number of amides is 2. The molecule has 2 N–H and O–H groups in total. The molecule has 3 aromatic rings. The second kappa shape index (κ2) is 10.6.